The topological polar surface area (TPSA) is 17.1 Å². The lowest BCUT2D eigenvalue weighted by Crippen LogP contribution is -2.10. The molecular weight excluding hydrogens is 232 g/mol. The van der Waals surface area contributed by atoms with Gasteiger partial charge in [-0.3, -0.25) is 4.79 Å². The number of carbonyl (C=O) groups excluding carboxylic acids is 1. The van der Waals surface area contributed by atoms with Crippen LogP contribution in [0.4, 0.5) is 0 Å². The summed E-state index contributed by atoms with van der Waals surface area (Å²) in [5, 5.41) is 0. The van der Waals surface area contributed by atoms with E-state index in [1.54, 1.807) is 0 Å². The Morgan fingerprint density at radius 1 is 1.00 bits per heavy atom. The molecule has 2 aromatic carbocycles. The minimum atomic E-state index is 0.145. The highest BCUT2D eigenvalue weighted by atomic mass is 16.1. The summed E-state index contributed by atoms with van der Waals surface area (Å²) < 4.78 is 0. The van der Waals surface area contributed by atoms with E-state index in [1.807, 2.05) is 25.1 Å². The zero-order chi connectivity index (χ0) is 14.0. The Kier molecular flexibility index (Phi) is 3.57. The van der Waals surface area contributed by atoms with Crippen LogP contribution in [0.5, 0.6) is 0 Å². The normalized spacial score (nSPS) is 11.4. The predicted molar refractivity (Wildman–Crippen MR) is 80.7 cm³/mol. The molecule has 0 aliphatic heterocycles. The zero-order valence-electron chi connectivity index (χ0n) is 12.0. The predicted octanol–water partition coefficient (Wildman–Crippen LogP) is 4.77. The van der Waals surface area contributed by atoms with Gasteiger partial charge in [-0.2, -0.15) is 0 Å². The van der Waals surface area contributed by atoms with E-state index >= 15 is 0 Å². The Balaban J connectivity index is 2.50. The van der Waals surface area contributed by atoms with Gasteiger partial charge >= 0.3 is 0 Å². The minimum Gasteiger partial charge on any atom is -0.298 e. The number of rotatable bonds is 2. The number of aryl methyl sites for hydroxylation is 1. The van der Waals surface area contributed by atoms with Crippen molar-refractivity contribution in [1.82, 2.24) is 0 Å². The van der Waals surface area contributed by atoms with Crippen LogP contribution in [0.15, 0.2) is 42.5 Å². The maximum atomic E-state index is 10.8. The Labute approximate surface area is 115 Å². The molecule has 0 aliphatic carbocycles. The van der Waals surface area contributed by atoms with Crippen molar-refractivity contribution in [2.45, 2.75) is 33.1 Å². The molecule has 2 rings (SSSR count). The quantitative estimate of drug-likeness (QED) is 0.703. The number of benzene rings is 2. The van der Waals surface area contributed by atoms with Gasteiger partial charge in [0, 0.05) is 5.56 Å². The average molecular weight is 252 g/mol. The molecule has 0 saturated heterocycles. The van der Waals surface area contributed by atoms with E-state index in [1.165, 1.54) is 16.7 Å². The van der Waals surface area contributed by atoms with Crippen LogP contribution in [0.2, 0.25) is 0 Å². The summed E-state index contributed by atoms with van der Waals surface area (Å²) in [4.78, 5) is 10.8. The second kappa shape index (κ2) is 5.00. The van der Waals surface area contributed by atoms with Gasteiger partial charge in [-0.05, 0) is 40.7 Å². The first kappa shape index (κ1) is 13.5. The van der Waals surface area contributed by atoms with Crippen molar-refractivity contribution < 1.29 is 4.79 Å². The van der Waals surface area contributed by atoms with Gasteiger partial charge in [-0.1, -0.05) is 57.2 Å². The van der Waals surface area contributed by atoms with E-state index in [0.717, 1.165) is 17.4 Å². The van der Waals surface area contributed by atoms with Crippen molar-refractivity contribution in [1.29, 1.82) is 0 Å². The van der Waals surface area contributed by atoms with Crippen LogP contribution in [0.25, 0.3) is 11.1 Å². The molecule has 0 N–H and O–H groups in total. The minimum absolute atomic E-state index is 0.145. The maximum Gasteiger partial charge on any atom is 0.150 e. The van der Waals surface area contributed by atoms with Crippen LogP contribution < -0.4 is 0 Å². The van der Waals surface area contributed by atoms with E-state index in [2.05, 4.69) is 45.0 Å². The molecule has 0 amide bonds. The van der Waals surface area contributed by atoms with Crippen molar-refractivity contribution >= 4 is 6.29 Å². The molecule has 0 aromatic heterocycles. The monoisotopic (exact) mass is 252 g/mol. The van der Waals surface area contributed by atoms with Gasteiger partial charge in [0.15, 0.2) is 0 Å². The van der Waals surface area contributed by atoms with Gasteiger partial charge < -0.3 is 0 Å². The van der Waals surface area contributed by atoms with Crippen LogP contribution in [0.3, 0.4) is 0 Å². The molecule has 0 fully saturated rings. The first-order chi connectivity index (χ1) is 8.91. The summed E-state index contributed by atoms with van der Waals surface area (Å²) >= 11 is 0. The van der Waals surface area contributed by atoms with Gasteiger partial charge in [0.05, 0.1) is 0 Å². The molecule has 1 heteroatoms. The summed E-state index contributed by atoms with van der Waals surface area (Å²) in [6.45, 7) is 8.70. The maximum absolute atomic E-state index is 10.8. The van der Waals surface area contributed by atoms with Crippen molar-refractivity contribution in [2.75, 3.05) is 0 Å². The Morgan fingerprint density at radius 2 is 1.74 bits per heavy atom. The fourth-order valence-corrected chi connectivity index (χ4v) is 2.24. The van der Waals surface area contributed by atoms with Gasteiger partial charge in [0.2, 0.25) is 0 Å². The Morgan fingerprint density at radius 3 is 2.32 bits per heavy atom. The molecule has 0 bridgehead atoms. The van der Waals surface area contributed by atoms with Gasteiger partial charge in [0.1, 0.15) is 6.29 Å². The molecule has 0 aliphatic rings. The number of hydrogen-bond donors (Lipinski definition) is 0. The van der Waals surface area contributed by atoms with Gasteiger partial charge in [-0.25, -0.2) is 0 Å². The third-order valence-corrected chi connectivity index (χ3v) is 3.43. The lowest BCUT2D eigenvalue weighted by atomic mass is 9.85. The van der Waals surface area contributed by atoms with Crippen LogP contribution >= 0.6 is 0 Å². The zero-order valence-corrected chi connectivity index (χ0v) is 12.0. The summed E-state index contributed by atoms with van der Waals surface area (Å²) in [6.07, 6.45) is 0.891. The largest absolute Gasteiger partial charge is 0.298 e. The standard InChI is InChI=1S/C18H20O/c1-13-10-14(12-19)8-9-17(13)15-6-5-7-16(11-15)18(2,3)4/h5-12H,1-4H3. The molecule has 0 atom stereocenters. The summed E-state index contributed by atoms with van der Waals surface area (Å²) in [5.41, 5.74) is 5.74. The molecule has 98 valence electrons. The number of hydrogen-bond acceptors (Lipinski definition) is 1. The highest BCUT2D eigenvalue weighted by Crippen LogP contribution is 2.29. The third kappa shape index (κ3) is 2.93. The summed E-state index contributed by atoms with van der Waals surface area (Å²) in [6, 6.07) is 14.5. The second-order valence-corrected chi connectivity index (χ2v) is 6.02. The van der Waals surface area contributed by atoms with Crippen molar-refractivity contribution in [2.24, 2.45) is 0 Å². The first-order valence-electron chi connectivity index (χ1n) is 6.58. The molecule has 0 radical (unpaired) electrons. The molecular formula is C18H20O. The van der Waals surface area contributed by atoms with Gasteiger partial charge in [-0.15, -0.1) is 0 Å². The lowest BCUT2D eigenvalue weighted by molar-refractivity contribution is 0.112. The van der Waals surface area contributed by atoms with Crippen LogP contribution in [0.1, 0.15) is 42.3 Å². The molecule has 2 aromatic rings. The number of aldehydes is 1. The average Bonchev–Trinajstić information content (AvgIpc) is 2.37. The number of carbonyl (C=O) groups is 1. The second-order valence-electron chi connectivity index (χ2n) is 6.02. The molecule has 0 unspecified atom stereocenters. The SMILES string of the molecule is Cc1cc(C=O)ccc1-c1cccc(C(C)(C)C)c1. The fraction of sp³-hybridized carbons (Fsp3) is 0.278. The first-order valence-corrected chi connectivity index (χ1v) is 6.58. The van der Waals surface area contributed by atoms with Gasteiger partial charge in [0.25, 0.3) is 0 Å². The molecule has 0 heterocycles. The van der Waals surface area contributed by atoms with Crippen LogP contribution in [-0.2, 0) is 5.41 Å². The summed E-state index contributed by atoms with van der Waals surface area (Å²) in [7, 11) is 0. The van der Waals surface area contributed by atoms with Crippen molar-refractivity contribution in [3.05, 3.63) is 59.2 Å². The Bertz CT molecular complexity index is 603. The molecule has 1 nitrogen and oxygen atoms in total. The van der Waals surface area contributed by atoms with E-state index in [4.69, 9.17) is 0 Å². The fourth-order valence-electron chi connectivity index (χ4n) is 2.24. The summed E-state index contributed by atoms with van der Waals surface area (Å²) in [5.74, 6) is 0. The molecule has 19 heavy (non-hydrogen) atoms. The van der Waals surface area contributed by atoms with Crippen LogP contribution in [-0.4, -0.2) is 6.29 Å². The third-order valence-electron chi connectivity index (χ3n) is 3.43. The van der Waals surface area contributed by atoms with Crippen molar-refractivity contribution in [3.8, 4) is 11.1 Å². The highest BCUT2D eigenvalue weighted by molar-refractivity contribution is 5.78. The molecule has 0 saturated carbocycles. The van der Waals surface area contributed by atoms with E-state index in [0.29, 0.717) is 0 Å². The molecule has 0 spiro atoms. The van der Waals surface area contributed by atoms with E-state index in [-0.39, 0.29) is 5.41 Å². The van der Waals surface area contributed by atoms with Crippen LogP contribution in [0, 0.1) is 6.92 Å². The highest BCUT2D eigenvalue weighted by Gasteiger charge is 2.14. The van der Waals surface area contributed by atoms with E-state index < -0.39 is 0 Å². The smallest absolute Gasteiger partial charge is 0.150 e. The van der Waals surface area contributed by atoms with E-state index in [9.17, 15) is 4.79 Å². The Hall–Kier alpha value is -1.89. The van der Waals surface area contributed by atoms with Crippen molar-refractivity contribution in [3.63, 3.8) is 0 Å². The lowest BCUT2D eigenvalue weighted by Gasteiger charge is -2.20.